The first kappa shape index (κ1) is 15.4. The molecule has 6 heteroatoms. The van der Waals surface area contributed by atoms with Crippen LogP contribution in [-0.2, 0) is 4.79 Å². The van der Waals surface area contributed by atoms with Crippen molar-refractivity contribution < 1.29 is 19.1 Å². The van der Waals surface area contributed by atoms with Crippen molar-refractivity contribution in [3.8, 4) is 0 Å². The number of amides is 1. The van der Waals surface area contributed by atoms with Gasteiger partial charge in [0.05, 0.1) is 0 Å². The maximum Gasteiger partial charge on any atom is 0.326 e. The molecule has 2 N–H and O–H groups in total. The molecule has 1 aromatic heterocycles. The Labute approximate surface area is 126 Å². The van der Waals surface area contributed by atoms with E-state index in [0.29, 0.717) is 16.2 Å². The number of carboxylic acids is 1. The molecule has 0 aliphatic heterocycles. The highest BCUT2D eigenvalue weighted by Gasteiger charge is 2.26. The van der Waals surface area contributed by atoms with Crippen LogP contribution in [0, 0.1) is 12.8 Å². The van der Waals surface area contributed by atoms with Crippen LogP contribution in [0.2, 0.25) is 5.02 Å². The van der Waals surface area contributed by atoms with Crippen molar-refractivity contribution >= 4 is 34.4 Å². The Hall–Kier alpha value is -2.01. The maximum absolute atomic E-state index is 12.2. The molecular formula is C15H16ClNO4. The number of carbonyl (C=O) groups excluding carboxylic acids is 1. The van der Waals surface area contributed by atoms with E-state index in [0.717, 1.165) is 5.39 Å². The normalized spacial score (nSPS) is 12.6. The van der Waals surface area contributed by atoms with Gasteiger partial charge in [-0.15, -0.1) is 0 Å². The number of carboxylic acid groups (broad SMARTS) is 1. The molecule has 0 saturated heterocycles. The van der Waals surface area contributed by atoms with Gasteiger partial charge in [0.2, 0.25) is 0 Å². The molecular weight excluding hydrogens is 294 g/mol. The largest absolute Gasteiger partial charge is 0.480 e. The molecule has 112 valence electrons. The summed E-state index contributed by atoms with van der Waals surface area (Å²) in [6.45, 7) is 5.19. The van der Waals surface area contributed by atoms with Gasteiger partial charge in [-0.2, -0.15) is 0 Å². The van der Waals surface area contributed by atoms with Crippen molar-refractivity contribution in [2.24, 2.45) is 5.92 Å². The minimum absolute atomic E-state index is 0.110. The second kappa shape index (κ2) is 5.77. The lowest BCUT2D eigenvalue weighted by Gasteiger charge is -2.17. The molecule has 5 nitrogen and oxygen atoms in total. The van der Waals surface area contributed by atoms with Gasteiger partial charge in [-0.1, -0.05) is 25.4 Å². The van der Waals surface area contributed by atoms with Crippen LogP contribution in [0.4, 0.5) is 0 Å². The van der Waals surface area contributed by atoms with Crippen LogP contribution in [0.25, 0.3) is 11.0 Å². The van der Waals surface area contributed by atoms with Crippen LogP contribution in [0.1, 0.15) is 30.0 Å². The van der Waals surface area contributed by atoms with Crippen molar-refractivity contribution in [2.45, 2.75) is 26.8 Å². The van der Waals surface area contributed by atoms with Crippen LogP contribution in [0.15, 0.2) is 22.6 Å². The number of halogens is 1. The number of aliphatic carboxylic acids is 1. The summed E-state index contributed by atoms with van der Waals surface area (Å²) in [6.07, 6.45) is 0. The van der Waals surface area contributed by atoms with E-state index in [9.17, 15) is 9.59 Å². The van der Waals surface area contributed by atoms with Gasteiger partial charge < -0.3 is 14.8 Å². The number of fused-ring (bicyclic) bond motifs is 1. The number of benzene rings is 1. The van der Waals surface area contributed by atoms with E-state index < -0.39 is 17.9 Å². The van der Waals surface area contributed by atoms with Gasteiger partial charge in [0.15, 0.2) is 5.76 Å². The van der Waals surface area contributed by atoms with Crippen LogP contribution in [0.5, 0.6) is 0 Å². The van der Waals surface area contributed by atoms with Gasteiger partial charge in [-0.25, -0.2) is 4.79 Å². The summed E-state index contributed by atoms with van der Waals surface area (Å²) in [7, 11) is 0. The van der Waals surface area contributed by atoms with Crippen LogP contribution < -0.4 is 5.32 Å². The van der Waals surface area contributed by atoms with Gasteiger partial charge in [-0.05, 0) is 31.0 Å². The van der Waals surface area contributed by atoms with E-state index in [1.165, 1.54) is 0 Å². The number of furan rings is 1. The molecule has 0 aliphatic rings. The number of hydrogen-bond donors (Lipinski definition) is 2. The fraction of sp³-hybridized carbons (Fsp3) is 0.333. The summed E-state index contributed by atoms with van der Waals surface area (Å²) < 4.78 is 5.51. The summed E-state index contributed by atoms with van der Waals surface area (Å²) in [5.74, 6) is -1.74. The van der Waals surface area contributed by atoms with Gasteiger partial charge in [0, 0.05) is 16.0 Å². The summed E-state index contributed by atoms with van der Waals surface area (Å²) in [5.41, 5.74) is 1.18. The monoisotopic (exact) mass is 309 g/mol. The Morgan fingerprint density at radius 3 is 2.57 bits per heavy atom. The number of rotatable bonds is 4. The van der Waals surface area contributed by atoms with Crippen molar-refractivity contribution in [3.05, 3.63) is 34.5 Å². The van der Waals surface area contributed by atoms with E-state index in [1.54, 1.807) is 39.0 Å². The number of aryl methyl sites for hydroxylation is 1. The molecule has 21 heavy (non-hydrogen) atoms. The van der Waals surface area contributed by atoms with E-state index in [2.05, 4.69) is 5.32 Å². The molecule has 0 bridgehead atoms. The Morgan fingerprint density at radius 2 is 2.00 bits per heavy atom. The smallest absolute Gasteiger partial charge is 0.326 e. The van der Waals surface area contributed by atoms with E-state index in [4.69, 9.17) is 21.1 Å². The van der Waals surface area contributed by atoms with E-state index in [1.807, 2.05) is 0 Å². The lowest BCUT2D eigenvalue weighted by molar-refractivity contribution is -0.140. The summed E-state index contributed by atoms with van der Waals surface area (Å²) in [6, 6.07) is 4.10. The minimum Gasteiger partial charge on any atom is -0.480 e. The molecule has 2 aromatic rings. The molecule has 1 heterocycles. The first-order valence-corrected chi connectivity index (χ1v) is 6.91. The molecule has 1 aromatic carbocycles. The van der Waals surface area contributed by atoms with Crippen LogP contribution >= 0.6 is 11.6 Å². The minimum atomic E-state index is -1.07. The summed E-state index contributed by atoms with van der Waals surface area (Å²) in [5, 5.41) is 12.9. The Bertz CT molecular complexity index is 705. The standard InChI is InChI=1S/C15H16ClNO4/c1-7(2)12(15(19)20)17-14(18)13-8(3)10-6-9(16)4-5-11(10)21-13/h4-7,12H,1-3H3,(H,17,18)(H,19,20)/t12-/m0/s1. The second-order valence-electron chi connectivity index (χ2n) is 5.23. The Balaban J connectivity index is 2.35. The molecule has 1 amide bonds. The molecule has 2 rings (SSSR count). The predicted octanol–water partition coefficient (Wildman–Crippen LogP) is 3.23. The lowest BCUT2D eigenvalue weighted by Crippen LogP contribution is -2.44. The zero-order chi connectivity index (χ0) is 15.7. The molecule has 0 radical (unpaired) electrons. The quantitative estimate of drug-likeness (QED) is 0.908. The highest BCUT2D eigenvalue weighted by atomic mass is 35.5. The third-order valence-corrected chi connectivity index (χ3v) is 3.56. The van der Waals surface area contributed by atoms with Crippen molar-refractivity contribution in [2.75, 3.05) is 0 Å². The highest BCUT2D eigenvalue weighted by Crippen LogP contribution is 2.28. The van der Waals surface area contributed by atoms with Gasteiger partial charge >= 0.3 is 5.97 Å². The topological polar surface area (TPSA) is 79.5 Å². The van der Waals surface area contributed by atoms with Crippen LogP contribution in [-0.4, -0.2) is 23.0 Å². The fourth-order valence-electron chi connectivity index (χ4n) is 2.13. The summed E-state index contributed by atoms with van der Waals surface area (Å²) in [4.78, 5) is 23.4. The zero-order valence-corrected chi connectivity index (χ0v) is 12.7. The van der Waals surface area contributed by atoms with Gasteiger partial charge in [-0.3, -0.25) is 4.79 Å². The molecule has 0 unspecified atom stereocenters. The molecule has 0 aliphatic carbocycles. The van der Waals surface area contributed by atoms with Crippen molar-refractivity contribution in [3.63, 3.8) is 0 Å². The Kier molecular flexibility index (Phi) is 4.23. The second-order valence-corrected chi connectivity index (χ2v) is 5.67. The van der Waals surface area contributed by atoms with Crippen molar-refractivity contribution in [1.29, 1.82) is 0 Å². The fourth-order valence-corrected chi connectivity index (χ4v) is 2.30. The van der Waals surface area contributed by atoms with Crippen molar-refractivity contribution in [1.82, 2.24) is 5.32 Å². The average Bonchev–Trinajstić information content (AvgIpc) is 2.72. The highest BCUT2D eigenvalue weighted by molar-refractivity contribution is 6.31. The third kappa shape index (κ3) is 3.03. The Morgan fingerprint density at radius 1 is 1.33 bits per heavy atom. The van der Waals surface area contributed by atoms with Gasteiger partial charge in [0.25, 0.3) is 5.91 Å². The molecule has 1 atom stereocenters. The molecule has 0 spiro atoms. The average molecular weight is 310 g/mol. The predicted molar refractivity (Wildman–Crippen MR) is 79.7 cm³/mol. The molecule has 0 saturated carbocycles. The first-order valence-electron chi connectivity index (χ1n) is 6.53. The number of hydrogen-bond acceptors (Lipinski definition) is 3. The number of carbonyl (C=O) groups is 2. The first-order chi connectivity index (χ1) is 9.81. The lowest BCUT2D eigenvalue weighted by atomic mass is 10.0. The number of nitrogens with one attached hydrogen (secondary N) is 1. The summed E-state index contributed by atoms with van der Waals surface area (Å²) >= 11 is 5.93. The third-order valence-electron chi connectivity index (χ3n) is 3.32. The SMILES string of the molecule is Cc1c(C(=O)N[C@H](C(=O)O)C(C)C)oc2ccc(Cl)cc12. The molecule has 0 fully saturated rings. The van der Waals surface area contributed by atoms with Gasteiger partial charge in [0.1, 0.15) is 11.6 Å². The van der Waals surface area contributed by atoms with Crippen LogP contribution in [0.3, 0.4) is 0 Å². The zero-order valence-electron chi connectivity index (χ0n) is 11.9. The maximum atomic E-state index is 12.2. The van der Waals surface area contributed by atoms with E-state index >= 15 is 0 Å². The van der Waals surface area contributed by atoms with E-state index in [-0.39, 0.29) is 11.7 Å².